The fourth-order valence-electron chi connectivity index (χ4n) is 1.57. The maximum atomic E-state index is 11.9. The highest BCUT2D eigenvalue weighted by molar-refractivity contribution is 7.17. The molecule has 0 unspecified atom stereocenters. The zero-order valence-corrected chi connectivity index (χ0v) is 10.8. The maximum Gasteiger partial charge on any atom is 0.286 e. The Morgan fingerprint density at radius 1 is 1.32 bits per heavy atom. The van der Waals surface area contributed by atoms with E-state index in [1.807, 2.05) is 0 Å². The molecule has 1 aromatic carbocycles. The number of carbonyl (C=O) groups is 1. The van der Waals surface area contributed by atoms with Crippen LogP contribution >= 0.6 is 11.3 Å². The van der Waals surface area contributed by atoms with Crippen LogP contribution in [-0.4, -0.2) is 29.9 Å². The second-order valence-corrected chi connectivity index (χ2v) is 4.66. The topological polar surface area (TPSA) is 85.4 Å². The first-order chi connectivity index (χ1) is 9.26. The maximum absolute atomic E-state index is 11.9. The molecule has 0 saturated heterocycles. The summed E-state index contributed by atoms with van der Waals surface area (Å²) in [5.41, 5.74) is 0.621. The number of fused-ring (bicyclic) bond motifs is 1. The Bertz CT molecular complexity index is 628. The predicted octanol–water partition coefficient (Wildman–Crippen LogP) is 1.56. The summed E-state index contributed by atoms with van der Waals surface area (Å²) >= 11 is 1.18. The summed E-state index contributed by atoms with van der Waals surface area (Å²) in [5.74, 6) is 0.982. The van der Waals surface area contributed by atoms with E-state index in [-0.39, 0.29) is 12.7 Å². The number of anilines is 2. The molecule has 0 atom stereocenters. The molecule has 1 aromatic heterocycles. The van der Waals surface area contributed by atoms with Gasteiger partial charge in [-0.2, -0.15) is 0 Å². The van der Waals surface area contributed by atoms with Gasteiger partial charge in [-0.1, -0.05) is 11.3 Å². The van der Waals surface area contributed by atoms with Crippen molar-refractivity contribution in [2.75, 3.05) is 24.5 Å². The van der Waals surface area contributed by atoms with Gasteiger partial charge < -0.3 is 20.1 Å². The van der Waals surface area contributed by atoms with E-state index in [9.17, 15) is 4.79 Å². The molecule has 0 aliphatic carbocycles. The molecule has 0 saturated carbocycles. The summed E-state index contributed by atoms with van der Waals surface area (Å²) in [6.07, 6.45) is 0. The summed E-state index contributed by atoms with van der Waals surface area (Å²) in [7, 11) is 1.72. The first-order valence-electron chi connectivity index (χ1n) is 5.48. The SMILES string of the molecule is CNc1nnc(C(=O)Nc2ccc3c(c2)OCO3)s1. The number of ether oxygens (including phenoxy) is 2. The minimum absolute atomic E-state index is 0.203. The van der Waals surface area contributed by atoms with Crippen molar-refractivity contribution in [1.82, 2.24) is 10.2 Å². The van der Waals surface area contributed by atoms with Gasteiger partial charge in [-0.3, -0.25) is 4.79 Å². The van der Waals surface area contributed by atoms with Crippen molar-refractivity contribution in [2.45, 2.75) is 0 Å². The van der Waals surface area contributed by atoms with Crippen LogP contribution in [0.15, 0.2) is 18.2 Å². The molecule has 0 bridgehead atoms. The molecular weight excluding hydrogens is 268 g/mol. The minimum Gasteiger partial charge on any atom is -0.454 e. The number of benzene rings is 1. The Hall–Kier alpha value is -2.35. The molecule has 8 heteroatoms. The molecule has 1 aliphatic rings. The van der Waals surface area contributed by atoms with Gasteiger partial charge in [-0.05, 0) is 12.1 Å². The summed E-state index contributed by atoms with van der Waals surface area (Å²) in [6, 6.07) is 5.20. The van der Waals surface area contributed by atoms with Crippen molar-refractivity contribution < 1.29 is 14.3 Å². The fourth-order valence-corrected chi connectivity index (χ4v) is 2.17. The van der Waals surface area contributed by atoms with Crippen LogP contribution in [-0.2, 0) is 0 Å². The Morgan fingerprint density at radius 2 is 2.16 bits per heavy atom. The highest BCUT2D eigenvalue weighted by Gasteiger charge is 2.16. The smallest absolute Gasteiger partial charge is 0.286 e. The lowest BCUT2D eigenvalue weighted by molar-refractivity contribution is 0.102. The van der Waals surface area contributed by atoms with Crippen LogP contribution in [0, 0.1) is 0 Å². The lowest BCUT2D eigenvalue weighted by atomic mass is 10.3. The summed E-state index contributed by atoms with van der Waals surface area (Å²) in [5, 5.41) is 14.0. The lowest BCUT2D eigenvalue weighted by Crippen LogP contribution is -2.11. The van der Waals surface area contributed by atoms with Gasteiger partial charge >= 0.3 is 0 Å². The van der Waals surface area contributed by atoms with Gasteiger partial charge in [-0.25, -0.2) is 0 Å². The van der Waals surface area contributed by atoms with Crippen molar-refractivity contribution in [3.63, 3.8) is 0 Å². The summed E-state index contributed by atoms with van der Waals surface area (Å²) < 4.78 is 10.4. The van der Waals surface area contributed by atoms with E-state index in [4.69, 9.17) is 9.47 Å². The lowest BCUT2D eigenvalue weighted by Gasteiger charge is -2.03. The third-order valence-electron chi connectivity index (χ3n) is 2.46. The average Bonchev–Trinajstić information content (AvgIpc) is 3.06. The number of hydrogen-bond donors (Lipinski definition) is 2. The largest absolute Gasteiger partial charge is 0.454 e. The number of nitrogens with zero attached hydrogens (tertiary/aromatic N) is 2. The Morgan fingerprint density at radius 3 is 2.95 bits per heavy atom. The highest BCUT2D eigenvalue weighted by Crippen LogP contribution is 2.34. The normalized spacial score (nSPS) is 12.3. The van der Waals surface area contributed by atoms with Crippen molar-refractivity contribution in [1.29, 1.82) is 0 Å². The quantitative estimate of drug-likeness (QED) is 0.886. The van der Waals surface area contributed by atoms with E-state index in [1.165, 1.54) is 11.3 Å². The molecule has 0 fully saturated rings. The molecule has 2 N–H and O–H groups in total. The van der Waals surface area contributed by atoms with Crippen molar-refractivity contribution in [3.05, 3.63) is 23.2 Å². The van der Waals surface area contributed by atoms with Crippen LogP contribution < -0.4 is 20.1 Å². The van der Waals surface area contributed by atoms with Crippen LogP contribution in [0.5, 0.6) is 11.5 Å². The monoisotopic (exact) mass is 278 g/mol. The van der Waals surface area contributed by atoms with Crippen LogP contribution in [0.1, 0.15) is 9.80 Å². The molecule has 1 amide bonds. The minimum atomic E-state index is -0.308. The fraction of sp³-hybridized carbons (Fsp3) is 0.182. The Balaban J connectivity index is 1.75. The summed E-state index contributed by atoms with van der Waals surface area (Å²) in [6.45, 7) is 0.203. The van der Waals surface area contributed by atoms with Gasteiger partial charge in [0.2, 0.25) is 16.9 Å². The molecule has 19 heavy (non-hydrogen) atoms. The highest BCUT2D eigenvalue weighted by atomic mass is 32.1. The van der Waals surface area contributed by atoms with E-state index in [0.717, 1.165) is 0 Å². The van der Waals surface area contributed by atoms with E-state index in [1.54, 1.807) is 25.2 Å². The van der Waals surface area contributed by atoms with Crippen molar-refractivity contribution in [2.24, 2.45) is 0 Å². The molecule has 1 aliphatic heterocycles. The van der Waals surface area contributed by atoms with E-state index < -0.39 is 0 Å². The molecule has 3 rings (SSSR count). The van der Waals surface area contributed by atoms with Crippen LogP contribution in [0.4, 0.5) is 10.8 Å². The van der Waals surface area contributed by atoms with E-state index in [0.29, 0.717) is 27.3 Å². The third-order valence-corrected chi connectivity index (χ3v) is 3.40. The third kappa shape index (κ3) is 2.29. The molecular formula is C11H10N4O3S. The molecule has 0 spiro atoms. The number of rotatable bonds is 3. The number of aromatic nitrogens is 2. The second-order valence-electron chi connectivity index (χ2n) is 3.68. The number of nitrogens with one attached hydrogen (secondary N) is 2. The average molecular weight is 278 g/mol. The Labute approximate surface area is 112 Å². The first-order valence-corrected chi connectivity index (χ1v) is 6.30. The molecule has 2 heterocycles. The second kappa shape index (κ2) is 4.73. The number of hydrogen-bond acceptors (Lipinski definition) is 7. The molecule has 98 valence electrons. The molecule has 7 nitrogen and oxygen atoms in total. The van der Waals surface area contributed by atoms with Crippen molar-refractivity contribution >= 4 is 28.1 Å². The standard InChI is InChI=1S/C11H10N4O3S/c1-12-11-15-14-10(19-11)9(16)13-6-2-3-7-8(4-6)18-5-17-7/h2-4H,5H2,1H3,(H,12,15)(H,13,16). The zero-order valence-electron chi connectivity index (χ0n) is 9.97. The van der Waals surface area contributed by atoms with Gasteiger partial charge in [0, 0.05) is 18.8 Å². The number of carbonyl (C=O) groups excluding carboxylic acids is 1. The van der Waals surface area contributed by atoms with Gasteiger partial charge in [-0.15, -0.1) is 10.2 Å². The van der Waals surface area contributed by atoms with Crippen LogP contribution in [0.2, 0.25) is 0 Å². The number of amides is 1. The predicted molar refractivity (Wildman–Crippen MR) is 70.0 cm³/mol. The van der Waals surface area contributed by atoms with Gasteiger partial charge in [0.15, 0.2) is 11.5 Å². The van der Waals surface area contributed by atoms with Gasteiger partial charge in [0.1, 0.15) is 0 Å². The molecule has 2 aromatic rings. The Kier molecular flexibility index (Phi) is 2.92. The van der Waals surface area contributed by atoms with E-state index >= 15 is 0 Å². The van der Waals surface area contributed by atoms with Gasteiger partial charge in [0.05, 0.1) is 0 Å². The van der Waals surface area contributed by atoms with Crippen LogP contribution in [0.25, 0.3) is 0 Å². The summed E-state index contributed by atoms with van der Waals surface area (Å²) in [4.78, 5) is 11.9. The zero-order chi connectivity index (χ0) is 13.2. The molecule has 0 radical (unpaired) electrons. The van der Waals surface area contributed by atoms with E-state index in [2.05, 4.69) is 20.8 Å². The van der Waals surface area contributed by atoms with Gasteiger partial charge in [0.25, 0.3) is 5.91 Å². The van der Waals surface area contributed by atoms with Crippen LogP contribution in [0.3, 0.4) is 0 Å². The first kappa shape index (κ1) is 11.7. The van der Waals surface area contributed by atoms with Crippen molar-refractivity contribution in [3.8, 4) is 11.5 Å².